The summed E-state index contributed by atoms with van der Waals surface area (Å²) >= 11 is 0. The summed E-state index contributed by atoms with van der Waals surface area (Å²) in [7, 11) is -3.54. The van der Waals surface area contributed by atoms with Crippen molar-refractivity contribution in [1.82, 2.24) is 4.72 Å². The second-order valence-electron chi connectivity index (χ2n) is 4.46. The van der Waals surface area contributed by atoms with Crippen LogP contribution in [0.1, 0.15) is 24.8 Å². The Bertz CT molecular complexity index is 572. The molecule has 5 nitrogen and oxygen atoms in total. The summed E-state index contributed by atoms with van der Waals surface area (Å²) in [6.07, 6.45) is 2.87. The molecule has 0 bridgehead atoms. The van der Waals surface area contributed by atoms with E-state index in [4.69, 9.17) is 10.00 Å². The Kier molecular flexibility index (Phi) is 4.53. The van der Waals surface area contributed by atoms with E-state index in [1.54, 1.807) is 12.1 Å². The van der Waals surface area contributed by atoms with Gasteiger partial charge in [0.25, 0.3) is 0 Å². The van der Waals surface area contributed by atoms with Crippen LogP contribution in [0.25, 0.3) is 0 Å². The summed E-state index contributed by atoms with van der Waals surface area (Å²) in [5, 5.41) is 8.77. The monoisotopic (exact) mass is 280 g/mol. The number of nitrogens with zero attached hydrogens (tertiary/aromatic N) is 1. The summed E-state index contributed by atoms with van der Waals surface area (Å²) in [6, 6.07) is 7.92. The number of nitriles is 1. The molecule has 1 unspecified atom stereocenters. The van der Waals surface area contributed by atoms with Gasteiger partial charge in [0, 0.05) is 13.2 Å². The van der Waals surface area contributed by atoms with E-state index >= 15 is 0 Å². The lowest BCUT2D eigenvalue weighted by Gasteiger charge is -2.10. The van der Waals surface area contributed by atoms with E-state index in [9.17, 15) is 8.42 Å². The average molecular weight is 280 g/mol. The van der Waals surface area contributed by atoms with Crippen LogP contribution in [0.15, 0.2) is 29.2 Å². The molecule has 1 heterocycles. The van der Waals surface area contributed by atoms with Gasteiger partial charge in [-0.1, -0.05) is 6.07 Å². The smallest absolute Gasteiger partial charge is 0.240 e. The number of nitrogens with one attached hydrogen (secondary N) is 1. The molecule has 1 aliphatic rings. The molecule has 1 aromatic rings. The fourth-order valence-corrected chi connectivity index (χ4v) is 3.14. The maximum atomic E-state index is 12.0. The minimum atomic E-state index is -3.54. The molecule has 2 rings (SSSR count). The van der Waals surface area contributed by atoms with Gasteiger partial charge in [-0.15, -0.1) is 0 Å². The van der Waals surface area contributed by atoms with Crippen LogP contribution in [0.4, 0.5) is 0 Å². The van der Waals surface area contributed by atoms with Crippen molar-refractivity contribution in [2.24, 2.45) is 0 Å². The van der Waals surface area contributed by atoms with Gasteiger partial charge >= 0.3 is 0 Å². The van der Waals surface area contributed by atoms with E-state index in [1.165, 1.54) is 12.1 Å². The molecule has 1 aromatic carbocycles. The Morgan fingerprint density at radius 3 is 3.00 bits per heavy atom. The van der Waals surface area contributed by atoms with Crippen LogP contribution in [0, 0.1) is 11.3 Å². The fraction of sp³-hybridized carbons (Fsp3) is 0.462. The van der Waals surface area contributed by atoms with Gasteiger partial charge in [0.05, 0.1) is 22.6 Å². The van der Waals surface area contributed by atoms with Crippen LogP contribution in [0.2, 0.25) is 0 Å². The summed E-state index contributed by atoms with van der Waals surface area (Å²) in [5.74, 6) is 0. The second kappa shape index (κ2) is 6.15. The Labute approximate surface area is 113 Å². The largest absolute Gasteiger partial charge is 0.378 e. The molecular weight excluding hydrogens is 264 g/mol. The van der Waals surface area contributed by atoms with Crippen LogP contribution in [0.3, 0.4) is 0 Å². The lowest BCUT2D eigenvalue weighted by atomic mass is 10.2. The summed E-state index contributed by atoms with van der Waals surface area (Å²) < 4.78 is 32.0. The number of sulfonamides is 1. The lowest BCUT2D eigenvalue weighted by Crippen LogP contribution is -2.27. The van der Waals surface area contributed by atoms with Crippen LogP contribution in [0.5, 0.6) is 0 Å². The minimum Gasteiger partial charge on any atom is -0.378 e. The number of rotatable bonds is 5. The SMILES string of the molecule is N#Cc1cccc(S(=O)(=O)NCCC2CCCO2)c1. The van der Waals surface area contributed by atoms with Gasteiger partial charge in [0.15, 0.2) is 0 Å². The maximum Gasteiger partial charge on any atom is 0.240 e. The van der Waals surface area contributed by atoms with Crippen LogP contribution >= 0.6 is 0 Å². The van der Waals surface area contributed by atoms with Crippen molar-refractivity contribution in [3.8, 4) is 6.07 Å². The van der Waals surface area contributed by atoms with Crippen LogP contribution in [-0.4, -0.2) is 27.7 Å². The first-order valence-corrected chi connectivity index (χ1v) is 7.71. The van der Waals surface area contributed by atoms with Gasteiger partial charge < -0.3 is 4.74 Å². The van der Waals surface area contributed by atoms with E-state index < -0.39 is 10.0 Å². The lowest BCUT2D eigenvalue weighted by molar-refractivity contribution is 0.105. The zero-order valence-corrected chi connectivity index (χ0v) is 11.3. The quantitative estimate of drug-likeness (QED) is 0.884. The first kappa shape index (κ1) is 14.0. The van der Waals surface area contributed by atoms with Crippen LogP contribution < -0.4 is 4.72 Å². The molecule has 0 saturated carbocycles. The van der Waals surface area contributed by atoms with Gasteiger partial charge in [-0.05, 0) is 37.5 Å². The highest BCUT2D eigenvalue weighted by atomic mass is 32.2. The number of ether oxygens (including phenoxy) is 1. The van der Waals surface area contributed by atoms with Crippen molar-refractivity contribution >= 4 is 10.0 Å². The first-order chi connectivity index (χ1) is 9.12. The molecule has 0 aromatic heterocycles. The van der Waals surface area contributed by atoms with Gasteiger partial charge in [-0.3, -0.25) is 0 Å². The second-order valence-corrected chi connectivity index (χ2v) is 6.23. The van der Waals surface area contributed by atoms with Crippen molar-refractivity contribution in [3.05, 3.63) is 29.8 Å². The normalized spacial score (nSPS) is 19.2. The fourth-order valence-electron chi connectivity index (χ4n) is 2.04. The summed E-state index contributed by atoms with van der Waals surface area (Å²) in [4.78, 5) is 0.124. The third-order valence-corrected chi connectivity index (χ3v) is 4.51. The van der Waals surface area contributed by atoms with Gasteiger partial charge in [0.2, 0.25) is 10.0 Å². The Hall–Kier alpha value is -1.42. The van der Waals surface area contributed by atoms with E-state index in [2.05, 4.69) is 4.72 Å². The van der Waals surface area contributed by atoms with Gasteiger partial charge in [0.1, 0.15) is 0 Å². The van der Waals surface area contributed by atoms with Crippen LogP contribution in [-0.2, 0) is 14.8 Å². The molecule has 0 radical (unpaired) electrons. The highest BCUT2D eigenvalue weighted by Crippen LogP contribution is 2.15. The molecule has 1 fully saturated rings. The van der Waals surface area contributed by atoms with Gasteiger partial charge in [-0.2, -0.15) is 5.26 Å². The topological polar surface area (TPSA) is 79.2 Å². The molecule has 1 aliphatic heterocycles. The number of hydrogen-bond acceptors (Lipinski definition) is 4. The summed E-state index contributed by atoms with van der Waals surface area (Å²) in [6.45, 7) is 1.12. The Morgan fingerprint density at radius 1 is 1.47 bits per heavy atom. The van der Waals surface area contributed by atoms with Crippen molar-refractivity contribution < 1.29 is 13.2 Å². The predicted octanol–water partition coefficient (Wildman–Crippen LogP) is 1.41. The number of benzene rings is 1. The molecule has 1 N–H and O–H groups in total. The molecule has 0 spiro atoms. The standard InChI is InChI=1S/C13H16N2O3S/c14-10-11-3-1-5-13(9-11)19(16,17)15-7-6-12-4-2-8-18-12/h1,3,5,9,12,15H,2,4,6-8H2. The molecule has 0 aliphatic carbocycles. The van der Waals surface area contributed by atoms with E-state index in [0.29, 0.717) is 18.5 Å². The number of hydrogen-bond donors (Lipinski definition) is 1. The predicted molar refractivity (Wildman–Crippen MR) is 69.9 cm³/mol. The van der Waals surface area contributed by atoms with Crippen molar-refractivity contribution in [2.75, 3.05) is 13.2 Å². The van der Waals surface area contributed by atoms with Gasteiger partial charge in [-0.25, -0.2) is 13.1 Å². The molecule has 1 saturated heterocycles. The zero-order chi connectivity index (χ0) is 13.7. The minimum absolute atomic E-state index is 0.124. The molecule has 6 heteroatoms. The maximum absolute atomic E-state index is 12.0. The van der Waals surface area contributed by atoms with E-state index in [0.717, 1.165) is 19.4 Å². The molecule has 1 atom stereocenters. The third kappa shape index (κ3) is 3.77. The zero-order valence-electron chi connectivity index (χ0n) is 10.5. The summed E-state index contributed by atoms with van der Waals surface area (Å²) in [5.41, 5.74) is 0.335. The van der Waals surface area contributed by atoms with Crippen molar-refractivity contribution in [3.63, 3.8) is 0 Å². The molecular formula is C13H16N2O3S. The molecule has 0 amide bonds. The highest BCUT2D eigenvalue weighted by molar-refractivity contribution is 7.89. The molecule has 19 heavy (non-hydrogen) atoms. The van der Waals surface area contributed by atoms with E-state index in [1.807, 2.05) is 6.07 Å². The first-order valence-electron chi connectivity index (χ1n) is 6.23. The Morgan fingerprint density at radius 2 is 2.32 bits per heavy atom. The van der Waals surface area contributed by atoms with Crippen molar-refractivity contribution in [1.29, 1.82) is 5.26 Å². The van der Waals surface area contributed by atoms with E-state index in [-0.39, 0.29) is 11.0 Å². The average Bonchev–Trinajstić information content (AvgIpc) is 2.92. The van der Waals surface area contributed by atoms with Crippen molar-refractivity contribution in [2.45, 2.75) is 30.3 Å². The highest BCUT2D eigenvalue weighted by Gasteiger charge is 2.18. The Balaban J connectivity index is 1.95. The molecule has 102 valence electrons. The third-order valence-electron chi connectivity index (χ3n) is 3.06.